The van der Waals surface area contributed by atoms with Crippen molar-refractivity contribution in [3.8, 4) is 17.8 Å². The number of nitrogens with zero attached hydrogens (tertiary/aromatic N) is 3. The van der Waals surface area contributed by atoms with Gasteiger partial charge in [0.1, 0.15) is 5.92 Å². The van der Waals surface area contributed by atoms with Crippen molar-refractivity contribution < 1.29 is 9.59 Å². The molecule has 6 nitrogen and oxygen atoms in total. The minimum Gasteiger partial charge on any atom is -0.319 e. The Morgan fingerprint density at radius 3 is 2.50 bits per heavy atom. The summed E-state index contributed by atoms with van der Waals surface area (Å²) in [5, 5.41) is 21.9. The molecule has 0 fully saturated rings. The van der Waals surface area contributed by atoms with E-state index in [1.165, 1.54) is 0 Å². The summed E-state index contributed by atoms with van der Waals surface area (Å²) in [6, 6.07) is 15.8. The molecule has 3 rings (SSSR count). The average Bonchev–Trinajstić information content (AvgIpc) is 3.00. The number of ketones is 1. The van der Waals surface area contributed by atoms with Crippen LogP contribution in [-0.4, -0.2) is 22.0 Å². The molecule has 0 spiro atoms. The zero-order chi connectivity index (χ0) is 22.1. The lowest BCUT2D eigenvalue weighted by Crippen LogP contribution is -2.44. The predicted octanol–water partition coefficient (Wildman–Crippen LogP) is 4.04. The first-order chi connectivity index (χ1) is 14.2. The minimum atomic E-state index is -0.947. The van der Waals surface area contributed by atoms with Crippen LogP contribution < -0.4 is 5.32 Å². The maximum absolute atomic E-state index is 13.0. The zero-order valence-electron chi connectivity index (χ0n) is 17.3. The van der Waals surface area contributed by atoms with E-state index in [2.05, 4.69) is 11.4 Å². The monoisotopic (exact) mass is 418 g/mol. The van der Waals surface area contributed by atoms with Crippen LogP contribution in [0.5, 0.6) is 0 Å². The fourth-order valence-corrected chi connectivity index (χ4v) is 4.83. The number of thioether (sulfide) groups is 1. The molecule has 1 aliphatic heterocycles. The van der Waals surface area contributed by atoms with Crippen LogP contribution in [0.2, 0.25) is 0 Å². The molecule has 0 saturated heterocycles. The van der Waals surface area contributed by atoms with Gasteiger partial charge in [0.25, 0.3) is 0 Å². The Morgan fingerprint density at radius 1 is 1.23 bits per heavy atom. The van der Waals surface area contributed by atoms with E-state index in [1.54, 1.807) is 13.8 Å². The third kappa shape index (κ3) is 3.65. The summed E-state index contributed by atoms with van der Waals surface area (Å²) in [5.41, 5.74) is 2.79. The van der Waals surface area contributed by atoms with E-state index in [9.17, 15) is 20.1 Å². The van der Waals surface area contributed by atoms with Crippen molar-refractivity contribution in [3.05, 3.63) is 64.0 Å². The molecule has 1 aromatic heterocycles. The lowest BCUT2D eigenvalue weighted by atomic mass is 9.72. The molecule has 0 aliphatic carbocycles. The largest absolute Gasteiger partial charge is 0.319 e. The third-order valence-corrected chi connectivity index (χ3v) is 6.43. The number of aryl methyl sites for hydroxylation is 1. The van der Waals surface area contributed by atoms with Gasteiger partial charge in [0.15, 0.2) is 5.78 Å². The highest BCUT2D eigenvalue weighted by Crippen LogP contribution is 2.42. The number of nitrogens with one attached hydrogen (secondary N) is 1. The van der Waals surface area contributed by atoms with E-state index < -0.39 is 17.2 Å². The molecule has 1 atom stereocenters. The molecule has 0 bridgehead atoms. The van der Waals surface area contributed by atoms with E-state index in [-0.39, 0.29) is 11.5 Å². The lowest BCUT2D eigenvalue weighted by molar-refractivity contribution is -0.125. The summed E-state index contributed by atoms with van der Waals surface area (Å²) >= 11 is 1.13. The number of benzene rings is 1. The normalized spacial score (nSPS) is 17.8. The molecule has 1 N–H and O–H groups in total. The number of Topliss-reactive ketones (excluding diaryl/α,β-unsaturated/α-hetero) is 1. The van der Waals surface area contributed by atoms with Crippen molar-refractivity contribution in [2.75, 3.05) is 5.75 Å². The van der Waals surface area contributed by atoms with E-state index in [1.807, 2.05) is 60.9 Å². The predicted molar refractivity (Wildman–Crippen MR) is 116 cm³/mol. The average molecular weight is 419 g/mol. The summed E-state index contributed by atoms with van der Waals surface area (Å²) in [6.07, 6.45) is 0. The fraction of sp³-hybridized carbons (Fsp3) is 0.304. The number of allylic oxidation sites excluding steroid dienone is 1. The number of aromatic nitrogens is 1. The van der Waals surface area contributed by atoms with Gasteiger partial charge in [-0.25, -0.2) is 0 Å². The van der Waals surface area contributed by atoms with Crippen LogP contribution in [0, 0.1) is 47.8 Å². The summed E-state index contributed by atoms with van der Waals surface area (Å²) in [4.78, 5) is 25.3. The molecule has 1 aliphatic rings. The van der Waals surface area contributed by atoms with Gasteiger partial charge >= 0.3 is 0 Å². The first kappa shape index (κ1) is 21.4. The van der Waals surface area contributed by atoms with E-state index in [4.69, 9.17) is 0 Å². The molecule has 152 valence electrons. The van der Waals surface area contributed by atoms with Crippen LogP contribution in [0.25, 0.3) is 5.69 Å². The van der Waals surface area contributed by atoms with Gasteiger partial charge in [-0.15, -0.1) is 0 Å². The molecule has 1 amide bonds. The second-order valence-corrected chi connectivity index (χ2v) is 8.74. The number of nitriles is 2. The SMILES string of the molecule is Cc1cc(C(=O)CSC2=C(C#N)C(C)(C)[C@H](C#N)C(=O)N2)c(C)n1-c1ccccc1. The van der Waals surface area contributed by atoms with E-state index in [0.29, 0.717) is 16.2 Å². The van der Waals surface area contributed by atoms with Crippen molar-refractivity contribution >= 4 is 23.5 Å². The summed E-state index contributed by atoms with van der Waals surface area (Å²) < 4.78 is 2.03. The molecule has 2 aromatic rings. The summed E-state index contributed by atoms with van der Waals surface area (Å²) in [5.74, 6) is -1.40. The number of hydrogen-bond acceptors (Lipinski definition) is 5. The Hall–Kier alpha value is -3.29. The number of para-hydroxylation sites is 1. The third-order valence-electron chi connectivity index (χ3n) is 5.43. The van der Waals surface area contributed by atoms with Gasteiger partial charge in [-0.2, -0.15) is 10.5 Å². The van der Waals surface area contributed by atoms with Crippen molar-refractivity contribution in [1.82, 2.24) is 9.88 Å². The first-order valence-electron chi connectivity index (χ1n) is 9.48. The maximum atomic E-state index is 13.0. The quantitative estimate of drug-likeness (QED) is 0.739. The Balaban J connectivity index is 1.86. The van der Waals surface area contributed by atoms with Crippen LogP contribution in [0.1, 0.15) is 35.6 Å². The second-order valence-electron chi connectivity index (χ2n) is 7.76. The van der Waals surface area contributed by atoms with Crippen molar-refractivity contribution in [2.45, 2.75) is 27.7 Å². The minimum absolute atomic E-state index is 0.0766. The summed E-state index contributed by atoms with van der Waals surface area (Å²) in [6.45, 7) is 7.26. The van der Waals surface area contributed by atoms with Crippen LogP contribution in [-0.2, 0) is 4.79 Å². The van der Waals surface area contributed by atoms with E-state index >= 15 is 0 Å². The molecular weight excluding hydrogens is 396 g/mol. The Morgan fingerprint density at radius 2 is 1.90 bits per heavy atom. The van der Waals surface area contributed by atoms with Gasteiger partial charge in [0.2, 0.25) is 5.91 Å². The number of rotatable bonds is 5. The smallest absolute Gasteiger partial charge is 0.243 e. The van der Waals surface area contributed by atoms with Crippen LogP contribution in [0.4, 0.5) is 0 Å². The highest BCUT2D eigenvalue weighted by molar-refractivity contribution is 8.03. The standard InChI is InChI=1S/C23H22N4O2S/c1-14-10-17(15(2)27(14)16-8-6-5-7-9-16)20(28)13-30-22-19(12-25)23(3,4)18(11-24)21(29)26-22/h5-10,18H,13H2,1-4H3,(H,26,29)/t18-/m1/s1. The van der Waals surface area contributed by atoms with Gasteiger partial charge in [-0.1, -0.05) is 43.8 Å². The van der Waals surface area contributed by atoms with Crippen LogP contribution in [0.15, 0.2) is 47.0 Å². The topological polar surface area (TPSA) is 98.7 Å². The maximum Gasteiger partial charge on any atom is 0.243 e. The molecule has 0 saturated carbocycles. The Bertz CT molecular complexity index is 1130. The number of amides is 1. The highest BCUT2D eigenvalue weighted by Gasteiger charge is 2.44. The molecule has 0 radical (unpaired) electrons. The van der Waals surface area contributed by atoms with Gasteiger partial charge in [-0.3, -0.25) is 9.59 Å². The van der Waals surface area contributed by atoms with Crippen LogP contribution >= 0.6 is 11.8 Å². The number of carbonyl (C=O) groups excluding carboxylic acids is 2. The Labute approximate surface area is 180 Å². The molecule has 1 aromatic carbocycles. The Kier molecular flexibility index (Phi) is 5.87. The summed E-state index contributed by atoms with van der Waals surface area (Å²) in [7, 11) is 0. The fourth-order valence-electron chi connectivity index (χ4n) is 3.77. The van der Waals surface area contributed by atoms with Crippen molar-refractivity contribution in [1.29, 1.82) is 10.5 Å². The molecule has 0 unspecified atom stereocenters. The second kappa shape index (κ2) is 8.22. The van der Waals surface area contributed by atoms with Gasteiger partial charge in [0, 0.05) is 28.1 Å². The lowest BCUT2D eigenvalue weighted by Gasteiger charge is -2.34. The van der Waals surface area contributed by atoms with E-state index in [0.717, 1.165) is 28.8 Å². The van der Waals surface area contributed by atoms with Crippen molar-refractivity contribution in [3.63, 3.8) is 0 Å². The van der Waals surface area contributed by atoms with Gasteiger partial charge in [0.05, 0.1) is 28.5 Å². The van der Waals surface area contributed by atoms with Gasteiger partial charge < -0.3 is 9.88 Å². The highest BCUT2D eigenvalue weighted by atomic mass is 32.2. The molecular formula is C23H22N4O2S. The number of carbonyl (C=O) groups is 2. The zero-order valence-corrected chi connectivity index (χ0v) is 18.1. The number of hydrogen-bond donors (Lipinski definition) is 1. The van der Waals surface area contributed by atoms with Crippen LogP contribution in [0.3, 0.4) is 0 Å². The molecule has 2 heterocycles. The van der Waals surface area contributed by atoms with Gasteiger partial charge in [-0.05, 0) is 32.0 Å². The molecule has 7 heteroatoms. The van der Waals surface area contributed by atoms with Crippen molar-refractivity contribution in [2.24, 2.45) is 11.3 Å². The molecule has 30 heavy (non-hydrogen) atoms. The first-order valence-corrected chi connectivity index (χ1v) is 10.5.